The summed E-state index contributed by atoms with van der Waals surface area (Å²) in [7, 11) is 1.40. The van der Waals surface area contributed by atoms with Gasteiger partial charge in [0, 0.05) is 18.8 Å². The fourth-order valence-corrected chi connectivity index (χ4v) is 3.95. The molecule has 1 aliphatic heterocycles. The van der Waals surface area contributed by atoms with Gasteiger partial charge >= 0.3 is 0 Å². The normalized spacial score (nSPS) is 17.8. The number of nitrogens with zero attached hydrogens (tertiary/aromatic N) is 3. The first-order chi connectivity index (χ1) is 15.9. The lowest BCUT2D eigenvalue weighted by molar-refractivity contribution is 0.102. The number of hydrogen-bond donors (Lipinski definition) is 3. The van der Waals surface area contributed by atoms with Crippen LogP contribution in [0, 0.1) is 11.6 Å². The van der Waals surface area contributed by atoms with Crippen molar-refractivity contribution in [2.45, 2.75) is 18.5 Å². The molecule has 0 bridgehead atoms. The van der Waals surface area contributed by atoms with Crippen LogP contribution in [0.3, 0.4) is 0 Å². The third kappa shape index (κ3) is 4.62. The van der Waals surface area contributed by atoms with Gasteiger partial charge < -0.3 is 25.8 Å². The largest absolute Gasteiger partial charge is 0.496 e. The van der Waals surface area contributed by atoms with E-state index in [1.165, 1.54) is 49.7 Å². The van der Waals surface area contributed by atoms with Crippen molar-refractivity contribution in [1.82, 2.24) is 9.97 Å². The van der Waals surface area contributed by atoms with Crippen LogP contribution >= 0.6 is 0 Å². The Labute approximate surface area is 189 Å². The Hall–Kier alpha value is -3.63. The van der Waals surface area contributed by atoms with E-state index in [2.05, 4.69) is 15.3 Å². The third-order valence-electron chi connectivity index (χ3n) is 5.48. The summed E-state index contributed by atoms with van der Waals surface area (Å²) in [6, 6.07) is 9.15. The number of hydrogen-bond acceptors (Lipinski definition) is 7. The van der Waals surface area contributed by atoms with Crippen LogP contribution in [0.1, 0.15) is 16.9 Å². The molecule has 0 radical (unpaired) electrons. The number of methoxy groups -OCH3 is 1. The fraction of sp³-hybridized carbons (Fsp3) is 0.261. The topological polar surface area (TPSA) is 114 Å². The van der Waals surface area contributed by atoms with Crippen molar-refractivity contribution < 1.29 is 23.4 Å². The van der Waals surface area contributed by atoms with Gasteiger partial charge in [-0.25, -0.2) is 18.7 Å². The summed E-state index contributed by atoms with van der Waals surface area (Å²) in [5.74, 6) is -1.45. The van der Waals surface area contributed by atoms with E-state index in [-0.39, 0.29) is 41.5 Å². The summed E-state index contributed by atoms with van der Waals surface area (Å²) in [5.41, 5.74) is 6.78. The van der Waals surface area contributed by atoms with Gasteiger partial charge in [-0.1, -0.05) is 6.07 Å². The van der Waals surface area contributed by atoms with E-state index in [0.717, 1.165) is 0 Å². The first-order valence-electron chi connectivity index (χ1n) is 10.3. The van der Waals surface area contributed by atoms with E-state index in [1.54, 1.807) is 11.0 Å². The van der Waals surface area contributed by atoms with E-state index in [1.807, 2.05) is 0 Å². The minimum absolute atomic E-state index is 0.0113. The summed E-state index contributed by atoms with van der Waals surface area (Å²) < 4.78 is 33.7. The van der Waals surface area contributed by atoms with E-state index in [0.29, 0.717) is 24.3 Å². The monoisotopic (exact) mass is 455 g/mol. The second kappa shape index (κ2) is 9.47. The summed E-state index contributed by atoms with van der Waals surface area (Å²) in [6.45, 7) is 0.250. The quantitative estimate of drug-likeness (QED) is 0.524. The van der Waals surface area contributed by atoms with Crippen molar-refractivity contribution in [3.63, 3.8) is 0 Å². The number of anilines is 2. The molecular weight excluding hydrogens is 432 g/mol. The summed E-state index contributed by atoms with van der Waals surface area (Å²) in [5, 5.41) is 12.4. The number of aliphatic hydroxyl groups is 1. The maximum absolute atomic E-state index is 14.4. The predicted molar refractivity (Wildman–Crippen MR) is 119 cm³/mol. The number of rotatable bonds is 6. The number of carbonyl (C=O) groups excluding carboxylic acids is 1. The average molecular weight is 455 g/mol. The highest BCUT2D eigenvalue weighted by molar-refractivity contribution is 6.05. The number of halogens is 2. The molecule has 1 saturated heterocycles. The first-order valence-corrected chi connectivity index (χ1v) is 10.3. The van der Waals surface area contributed by atoms with E-state index in [9.17, 15) is 18.7 Å². The molecule has 8 nitrogen and oxygen atoms in total. The Kier molecular flexibility index (Phi) is 6.47. The third-order valence-corrected chi connectivity index (χ3v) is 5.48. The number of carbonyl (C=O) groups is 1. The van der Waals surface area contributed by atoms with Crippen LogP contribution < -0.4 is 20.7 Å². The molecule has 1 aliphatic rings. The van der Waals surface area contributed by atoms with Crippen molar-refractivity contribution in [1.29, 1.82) is 0 Å². The Morgan fingerprint density at radius 2 is 2.12 bits per heavy atom. The number of aromatic nitrogens is 2. The van der Waals surface area contributed by atoms with E-state index < -0.39 is 17.5 Å². The number of nitrogens with one attached hydrogen (secondary N) is 1. The standard InChI is InChI=1S/C23H23F2N5O3/c1-33-20-4-2-3-16(25)21(20)22-27-8-7-18(28-22)23(32)29-17-6-5-13(24)9-19(17)30-11-14(26)10-15(30)12-31/h2-9,14-15,31H,10-12,26H2,1H3,(H,29,32). The van der Waals surface area contributed by atoms with Crippen LogP contribution in [0.4, 0.5) is 20.2 Å². The van der Waals surface area contributed by atoms with Crippen LogP contribution in [0.25, 0.3) is 11.4 Å². The number of ether oxygens (including phenoxy) is 1. The molecule has 1 amide bonds. The summed E-state index contributed by atoms with van der Waals surface area (Å²) >= 11 is 0. The molecule has 0 aliphatic carbocycles. The summed E-state index contributed by atoms with van der Waals surface area (Å²) in [6.07, 6.45) is 1.89. The van der Waals surface area contributed by atoms with Crippen molar-refractivity contribution in [3.05, 3.63) is 66.0 Å². The Balaban J connectivity index is 1.65. The van der Waals surface area contributed by atoms with Gasteiger partial charge in [-0.2, -0.15) is 0 Å². The van der Waals surface area contributed by atoms with Crippen LogP contribution in [0.2, 0.25) is 0 Å². The maximum Gasteiger partial charge on any atom is 0.274 e. The van der Waals surface area contributed by atoms with Crippen molar-refractivity contribution in [2.24, 2.45) is 5.73 Å². The van der Waals surface area contributed by atoms with Gasteiger partial charge in [0.15, 0.2) is 5.82 Å². The molecule has 3 aromatic rings. The van der Waals surface area contributed by atoms with Gasteiger partial charge in [-0.05, 0) is 42.8 Å². The SMILES string of the molecule is COc1cccc(F)c1-c1nccc(C(=O)Nc2ccc(F)cc2N2CC(N)CC2CO)n1. The molecule has 33 heavy (non-hydrogen) atoms. The van der Waals surface area contributed by atoms with Crippen molar-refractivity contribution >= 4 is 17.3 Å². The zero-order valence-corrected chi connectivity index (χ0v) is 17.8. The first kappa shape index (κ1) is 22.6. The smallest absolute Gasteiger partial charge is 0.274 e. The van der Waals surface area contributed by atoms with Crippen LogP contribution in [-0.4, -0.2) is 53.3 Å². The molecule has 172 valence electrons. The van der Waals surface area contributed by atoms with Gasteiger partial charge in [0.2, 0.25) is 0 Å². The predicted octanol–water partition coefficient (Wildman–Crippen LogP) is 2.58. The molecule has 2 heterocycles. The van der Waals surface area contributed by atoms with Crippen LogP contribution in [-0.2, 0) is 0 Å². The fourth-order valence-electron chi connectivity index (χ4n) is 3.95. The van der Waals surface area contributed by atoms with Crippen LogP contribution in [0.15, 0.2) is 48.7 Å². The van der Waals surface area contributed by atoms with Crippen molar-refractivity contribution in [2.75, 3.05) is 30.5 Å². The number of nitrogens with two attached hydrogens (primary N) is 1. The van der Waals surface area contributed by atoms with Crippen LogP contribution in [0.5, 0.6) is 5.75 Å². The molecule has 2 unspecified atom stereocenters. The minimum Gasteiger partial charge on any atom is -0.496 e. The van der Waals surface area contributed by atoms with Crippen molar-refractivity contribution in [3.8, 4) is 17.1 Å². The molecule has 0 spiro atoms. The Morgan fingerprint density at radius 3 is 2.88 bits per heavy atom. The Bertz CT molecular complexity index is 1180. The molecule has 4 N–H and O–H groups in total. The highest BCUT2D eigenvalue weighted by Crippen LogP contribution is 2.33. The van der Waals surface area contributed by atoms with Gasteiger partial charge in [0.05, 0.1) is 36.7 Å². The lowest BCUT2D eigenvalue weighted by Gasteiger charge is -2.27. The van der Waals surface area contributed by atoms with Gasteiger partial charge in [-0.15, -0.1) is 0 Å². The second-order valence-electron chi connectivity index (χ2n) is 7.68. The zero-order valence-electron chi connectivity index (χ0n) is 17.8. The Morgan fingerprint density at radius 1 is 1.30 bits per heavy atom. The zero-order chi connectivity index (χ0) is 23.5. The van der Waals surface area contributed by atoms with Gasteiger partial charge in [0.1, 0.15) is 23.1 Å². The number of aliphatic hydroxyl groups excluding tert-OH is 1. The minimum atomic E-state index is -0.592. The number of benzene rings is 2. The molecule has 4 rings (SSSR count). The summed E-state index contributed by atoms with van der Waals surface area (Å²) in [4.78, 5) is 23.1. The molecule has 1 fully saturated rings. The average Bonchev–Trinajstić information content (AvgIpc) is 3.20. The molecule has 2 aromatic carbocycles. The molecule has 0 saturated carbocycles. The second-order valence-corrected chi connectivity index (χ2v) is 7.68. The highest BCUT2D eigenvalue weighted by Gasteiger charge is 2.31. The van der Waals surface area contributed by atoms with Gasteiger partial charge in [0.25, 0.3) is 5.91 Å². The molecule has 2 atom stereocenters. The molecule has 10 heteroatoms. The lowest BCUT2D eigenvalue weighted by atomic mass is 10.1. The van der Waals surface area contributed by atoms with Gasteiger partial charge in [-0.3, -0.25) is 4.79 Å². The van der Waals surface area contributed by atoms with E-state index in [4.69, 9.17) is 10.5 Å². The number of amides is 1. The maximum atomic E-state index is 14.4. The lowest BCUT2D eigenvalue weighted by Crippen LogP contribution is -2.33. The van der Waals surface area contributed by atoms with E-state index >= 15 is 0 Å². The molecular formula is C23H23F2N5O3. The highest BCUT2D eigenvalue weighted by atomic mass is 19.1. The molecule has 1 aromatic heterocycles.